The molecular formula is C20H25F3N4O. The van der Waals surface area contributed by atoms with Gasteiger partial charge in [0.05, 0.1) is 0 Å². The lowest BCUT2D eigenvalue weighted by atomic mass is 10.1. The standard InChI is InChI=1S/C20H25F3N4O/c1-24-19(25-12-15-8-10-16(11-9-15)14-27(2)3)26-13-17-6-4-5-7-18(17)28-20(21,22)23/h4-11H,12-14H2,1-3H3,(H2,24,25,26). The summed E-state index contributed by atoms with van der Waals surface area (Å²) in [5.41, 5.74) is 2.68. The van der Waals surface area contributed by atoms with Crippen molar-refractivity contribution in [2.45, 2.75) is 26.0 Å². The average Bonchev–Trinajstić information content (AvgIpc) is 2.62. The monoisotopic (exact) mass is 394 g/mol. The number of halogens is 3. The van der Waals surface area contributed by atoms with Crippen LogP contribution in [0, 0.1) is 0 Å². The van der Waals surface area contributed by atoms with Crippen LogP contribution in [0.25, 0.3) is 0 Å². The number of benzene rings is 2. The predicted molar refractivity (Wildman–Crippen MR) is 104 cm³/mol. The topological polar surface area (TPSA) is 48.9 Å². The molecule has 0 fully saturated rings. The summed E-state index contributed by atoms with van der Waals surface area (Å²) in [5.74, 6) is 0.258. The molecule has 0 amide bonds. The SMILES string of the molecule is CN=C(NCc1ccc(CN(C)C)cc1)NCc1ccccc1OC(F)(F)F. The Morgan fingerprint density at radius 2 is 1.57 bits per heavy atom. The number of aliphatic imine (C=N–C) groups is 1. The molecule has 2 aromatic rings. The molecule has 0 aliphatic heterocycles. The van der Waals surface area contributed by atoms with Crippen LogP contribution < -0.4 is 15.4 Å². The van der Waals surface area contributed by atoms with Crippen LogP contribution in [0.1, 0.15) is 16.7 Å². The van der Waals surface area contributed by atoms with Crippen LogP contribution in [-0.4, -0.2) is 38.4 Å². The first-order valence-corrected chi connectivity index (χ1v) is 8.77. The first-order chi connectivity index (χ1) is 13.3. The van der Waals surface area contributed by atoms with Gasteiger partial charge >= 0.3 is 6.36 Å². The summed E-state index contributed by atoms with van der Waals surface area (Å²) >= 11 is 0. The first kappa shape index (κ1) is 21.6. The van der Waals surface area contributed by atoms with E-state index in [1.165, 1.54) is 17.7 Å². The Bertz CT molecular complexity index is 774. The lowest BCUT2D eigenvalue weighted by molar-refractivity contribution is -0.274. The fraction of sp³-hybridized carbons (Fsp3) is 0.350. The third-order valence-electron chi connectivity index (χ3n) is 3.85. The zero-order valence-electron chi connectivity index (χ0n) is 16.2. The number of nitrogens with zero attached hydrogens (tertiary/aromatic N) is 2. The Kier molecular flexibility index (Phi) is 7.69. The van der Waals surface area contributed by atoms with Gasteiger partial charge in [0.15, 0.2) is 5.96 Å². The highest BCUT2D eigenvalue weighted by atomic mass is 19.4. The Hall–Kier alpha value is -2.74. The second-order valence-corrected chi connectivity index (χ2v) is 6.49. The number of hydrogen-bond acceptors (Lipinski definition) is 3. The number of nitrogens with one attached hydrogen (secondary N) is 2. The van der Waals surface area contributed by atoms with Gasteiger partial charge in [0, 0.05) is 32.2 Å². The zero-order valence-corrected chi connectivity index (χ0v) is 16.2. The molecule has 0 atom stereocenters. The van der Waals surface area contributed by atoms with E-state index in [2.05, 4.69) is 37.4 Å². The summed E-state index contributed by atoms with van der Waals surface area (Å²) in [4.78, 5) is 6.20. The van der Waals surface area contributed by atoms with Crippen LogP contribution >= 0.6 is 0 Å². The van der Waals surface area contributed by atoms with Gasteiger partial charge in [-0.25, -0.2) is 0 Å². The Balaban J connectivity index is 1.90. The summed E-state index contributed by atoms with van der Waals surface area (Å²) in [6.45, 7) is 1.56. The van der Waals surface area contributed by atoms with E-state index in [1.54, 1.807) is 19.2 Å². The first-order valence-electron chi connectivity index (χ1n) is 8.77. The van der Waals surface area contributed by atoms with Gasteiger partial charge in [-0.05, 0) is 31.3 Å². The minimum absolute atomic E-state index is 0.147. The molecule has 0 bridgehead atoms. The predicted octanol–water partition coefficient (Wildman–Crippen LogP) is 3.51. The highest BCUT2D eigenvalue weighted by molar-refractivity contribution is 5.79. The van der Waals surface area contributed by atoms with Crippen molar-refractivity contribution in [1.82, 2.24) is 15.5 Å². The summed E-state index contributed by atoms with van der Waals surface area (Å²) in [6.07, 6.45) is -4.73. The van der Waals surface area contributed by atoms with E-state index in [0.717, 1.165) is 12.1 Å². The maximum Gasteiger partial charge on any atom is 0.573 e. The van der Waals surface area contributed by atoms with Crippen molar-refractivity contribution in [3.63, 3.8) is 0 Å². The van der Waals surface area contributed by atoms with Crippen LogP contribution in [0.15, 0.2) is 53.5 Å². The Morgan fingerprint density at radius 1 is 0.964 bits per heavy atom. The molecule has 2 aromatic carbocycles. The molecule has 28 heavy (non-hydrogen) atoms. The molecule has 0 heterocycles. The summed E-state index contributed by atoms with van der Waals surface area (Å²) in [7, 11) is 5.64. The van der Waals surface area contributed by atoms with Crippen LogP contribution in [0.2, 0.25) is 0 Å². The van der Waals surface area contributed by atoms with E-state index in [0.29, 0.717) is 18.1 Å². The minimum atomic E-state index is -4.73. The van der Waals surface area contributed by atoms with E-state index in [1.807, 2.05) is 26.2 Å². The van der Waals surface area contributed by atoms with Gasteiger partial charge in [0.25, 0.3) is 0 Å². The quantitative estimate of drug-likeness (QED) is 0.557. The van der Waals surface area contributed by atoms with Gasteiger partial charge < -0.3 is 20.3 Å². The third kappa shape index (κ3) is 7.48. The van der Waals surface area contributed by atoms with Crippen molar-refractivity contribution in [1.29, 1.82) is 0 Å². The molecule has 0 radical (unpaired) electrons. The average molecular weight is 394 g/mol. The third-order valence-corrected chi connectivity index (χ3v) is 3.85. The zero-order chi connectivity index (χ0) is 20.6. The van der Waals surface area contributed by atoms with Crippen LogP contribution in [0.4, 0.5) is 13.2 Å². The molecular weight excluding hydrogens is 369 g/mol. The number of guanidine groups is 1. The number of hydrogen-bond donors (Lipinski definition) is 2. The van der Waals surface area contributed by atoms with E-state index in [4.69, 9.17) is 0 Å². The van der Waals surface area contributed by atoms with Gasteiger partial charge in [-0.15, -0.1) is 13.2 Å². The molecule has 8 heteroatoms. The van der Waals surface area contributed by atoms with Gasteiger partial charge in [0.1, 0.15) is 5.75 Å². The van der Waals surface area contributed by atoms with Crippen LogP contribution in [0.5, 0.6) is 5.75 Å². The molecule has 152 valence electrons. The van der Waals surface area contributed by atoms with Gasteiger partial charge in [-0.1, -0.05) is 42.5 Å². The van der Waals surface area contributed by atoms with Crippen molar-refractivity contribution < 1.29 is 17.9 Å². The lowest BCUT2D eigenvalue weighted by Gasteiger charge is -2.16. The van der Waals surface area contributed by atoms with Gasteiger partial charge in [0.2, 0.25) is 0 Å². The summed E-state index contributed by atoms with van der Waals surface area (Å²) in [5, 5.41) is 6.15. The molecule has 0 spiro atoms. The normalized spacial score (nSPS) is 12.2. The summed E-state index contributed by atoms with van der Waals surface area (Å²) < 4.78 is 41.6. The highest BCUT2D eigenvalue weighted by Gasteiger charge is 2.31. The number of ether oxygens (including phenoxy) is 1. The van der Waals surface area contributed by atoms with Crippen molar-refractivity contribution in [2.24, 2.45) is 4.99 Å². The molecule has 0 aliphatic carbocycles. The second kappa shape index (κ2) is 9.98. The Labute approximate surface area is 163 Å². The van der Waals surface area contributed by atoms with Crippen molar-refractivity contribution in [3.05, 3.63) is 65.2 Å². The Morgan fingerprint density at radius 3 is 2.18 bits per heavy atom. The minimum Gasteiger partial charge on any atom is -0.405 e. The smallest absolute Gasteiger partial charge is 0.405 e. The molecule has 2 N–H and O–H groups in total. The fourth-order valence-corrected chi connectivity index (χ4v) is 2.59. The number of alkyl halides is 3. The molecule has 0 aromatic heterocycles. The van der Waals surface area contributed by atoms with E-state index in [9.17, 15) is 13.2 Å². The molecule has 0 unspecified atom stereocenters. The van der Waals surface area contributed by atoms with Crippen molar-refractivity contribution in [2.75, 3.05) is 21.1 Å². The largest absolute Gasteiger partial charge is 0.573 e. The van der Waals surface area contributed by atoms with Gasteiger partial charge in [-0.2, -0.15) is 0 Å². The molecule has 0 aliphatic rings. The highest BCUT2D eigenvalue weighted by Crippen LogP contribution is 2.26. The lowest BCUT2D eigenvalue weighted by Crippen LogP contribution is -2.36. The molecule has 2 rings (SSSR count). The van der Waals surface area contributed by atoms with E-state index >= 15 is 0 Å². The molecule has 0 saturated heterocycles. The van der Waals surface area contributed by atoms with Gasteiger partial charge in [-0.3, -0.25) is 4.99 Å². The second-order valence-electron chi connectivity index (χ2n) is 6.49. The van der Waals surface area contributed by atoms with Crippen molar-refractivity contribution >= 4 is 5.96 Å². The van der Waals surface area contributed by atoms with E-state index < -0.39 is 6.36 Å². The van der Waals surface area contributed by atoms with Crippen molar-refractivity contribution in [3.8, 4) is 5.75 Å². The summed E-state index contributed by atoms with van der Waals surface area (Å²) in [6, 6.07) is 14.2. The maximum absolute atomic E-state index is 12.5. The molecule has 0 saturated carbocycles. The van der Waals surface area contributed by atoms with Crippen LogP contribution in [-0.2, 0) is 19.6 Å². The van der Waals surface area contributed by atoms with E-state index in [-0.39, 0.29) is 12.3 Å². The fourth-order valence-electron chi connectivity index (χ4n) is 2.59. The van der Waals surface area contributed by atoms with Crippen LogP contribution in [0.3, 0.4) is 0 Å². The molecule has 5 nitrogen and oxygen atoms in total. The maximum atomic E-state index is 12.5. The number of para-hydroxylation sites is 1. The number of rotatable bonds is 7.